The van der Waals surface area contributed by atoms with Gasteiger partial charge in [-0.3, -0.25) is 4.79 Å². The lowest BCUT2D eigenvalue weighted by atomic mass is 10.1. The quantitative estimate of drug-likeness (QED) is 0.697. The molecule has 2 aromatic rings. The fraction of sp³-hybridized carbons (Fsp3) is 0.158. The van der Waals surface area contributed by atoms with Crippen molar-refractivity contribution in [2.45, 2.75) is 13.5 Å². The van der Waals surface area contributed by atoms with E-state index in [9.17, 15) is 9.59 Å². The van der Waals surface area contributed by atoms with E-state index < -0.39 is 6.09 Å². The normalized spacial score (nSPS) is 9.43. The number of alkyl carbamates (subject to hydrolysis) is 1. The summed E-state index contributed by atoms with van der Waals surface area (Å²) in [4.78, 5) is 22.5. The van der Waals surface area contributed by atoms with Gasteiger partial charge in [0.25, 0.3) is 0 Å². The fourth-order valence-electron chi connectivity index (χ4n) is 1.92. The number of carbonyl (C=O) groups excluding carboxylic acids is 2. The Kier molecular flexibility index (Phi) is 5.96. The summed E-state index contributed by atoms with van der Waals surface area (Å²) in [6.45, 7) is 2.28. The lowest BCUT2D eigenvalue weighted by molar-refractivity contribution is 0.112. The summed E-state index contributed by atoms with van der Waals surface area (Å²) in [6, 6.07) is 14.9. The molecule has 1 N–H and O–H groups in total. The lowest BCUT2D eigenvalue weighted by Gasteiger charge is -2.04. The minimum absolute atomic E-state index is 0.153. The number of nitrogens with one attached hydrogen (secondary N) is 1. The molecule has 0 spiro atoms. The van der Waals surface area contributed by atoms with Gasteiger partial charge in [-0.1, -0.05) is 53.8 Å². The van der Waals surface area contributed by atoms with Crippen molar-refractivity contribution >= 4 is 12.4 Å². The topological polar surface area (TPSA) is 55.4 Å². The molecule has 4 nitrogen and oxygen atoms in total. The van der Waals surface area contributed by atoms with Gasteiger partial charge in [0.15, 0.2) is 6.29 Å². The first-order chi connectivity index (χ1) is 11.2. The van der Waals surface area contributed by atoms with Crippen molar-refractivity contribution < 1.29 is 14.3 Å². The van der Waals surface area contributed by atoms with Crippen LogP contribution in [0.1, 0.15) is 27.0 Å². The number of hydrogen-bond acceptors (Lipinski definition) is 3. The van der Waals surface area contributed by atoms with Crippen molar-refractivity contribution in [3.63, 3.8) is 0 Å². The number of aryl methyl sites for hydroxylation is 1. The van der Waals surface area contributed by atoms with Gasteiger partial charge in [0.05, 0.1) is 6.54 Å². The van der Waals surface area contributed by atoms with Crippen LogP contribution in [0.15, 0.2) is 48.5 Å². The van der Waals surface area contributed by atoms with Gasteiger partial charge in [0, 0.05) is 11.1 Å². The van der Waals surface area contributed by atoms with E-state index in [1.807, 2.05) is 43.3 Å². The van der Waals surface area contributed by atoms with E-state index in [4.69, 9.17) is 4.74 Å². The minimum Gasteiger partial charge on any atom is -0.445 e. The van der Waals surface area contributed by atoms with Crippen molar-refractivity contribution in [3.8, 4) is 11.8 Å². The Morgan fingerprint density at radius 1 is 1.22 bits per heavy atom. The summed E-state index contributed by atoms with van der Waals surface area (Å²) in [5.74, 6) is 5.67. The van der Waals surface area contributed by atoms with Gasteiger partial charge in [0.2, 0.25) is 0 Å². The van der Waals surface area contributed by atoms with E-state index in [1.165, 1.54) is 0 Å². The molecule has 0 radical (unpaired) electrons. The number of amides is 1. The fourth-order valence-corrected chi connectivity index (χ4v) is 1.92. The number of rotatable bonds is 4. The average molecular weight is 307 g/mol. The molecule has 0 aliphatic rings. The van der Waals surface area contributed by atoms with Gasteiger partial charge in [0.1, 0.15) is 6.61 Å². The predicted octanol–water partition coefficient (Wildman–Crippen LogP) is 3.09. The van der Waals surface area contributed by atoms with E-state index in [2.05, 4.69) is 17.2 Å². The lowest BCUT2D eigenvalue weighted by Crippen LogP contribution is -2.24. The van der Waals surface area contributed by atoms with Crippen molar-refractivity contribution in [3.05, 3.63) is 70.8 Å². The third-order valence-corrected chi connectivity index (χ3v) is 3.09. The second kappa shape index (κ2) is 8.40. The van der Waals surface area contributed by atoms with Gasteiger partial charge in [-0.05, 0) is 24.6 Å². The molecule has 0 aliphatic carbocycles. The van der Waals surface area contributed by atoms with Crippen molar-refractivity contribution in [1.29, 1.82) is 0 Å². The summed E-state index contributed by atoms with van der Waals surface area (Å²) >= 11 is 0. The molecule has 0 atom stereocenters. The Morgan fingerprint density at radius 3 is 2.74 bits per heavy atom. The number of aldehydes is 1. The number of ether oxygens (including phenoxy) is 1. The molecule has 0 fully saturated rings. The van der Waals surface area contributed by atoms with Crippen molar-refractivity contribution in [1.82, 2.24) is 5.32 Å². The highest BCUT2D eigenvalue weighted by Gasteiger charge is 2.01. The number of hydrogen-bond donors (Lipinski definition) is 1. The van der Waals surface area contributed by atoms with Crippen LogP contribution < -0.4 is 5.32 Å². The van der Waals surface area contributed by atoms with Gasteiger partial charge >= 0.3 is 6.09 Å². The molecule has 1 amide bonds. The first-order valence-electron chi connectivity index (χ1n) is 7.18. The van der Waals surface area contributed by atoms with E-state index in [0.29, 0.717) is 11.1 Å². The number of carbonyl (C=O) groups is 2. The molecule has 0 unspecified atom stereocenters. The van der Waals surface area contributed by atoms with Crippen molar-refractivity contribution in [2.24, 2.45) is 0 Å². The molecule has 0 saturated heterocycles. The molecule has 116 valence electrons. The maximum absolute atomic E-state index is 11.5. The second-order valence-electron chi connectivity index (χ2n) is 4.93. The summed E-state index contributed by atoms with van der Waals surface area (Å²) < 4.78 is 5.07. The van der Waals surface area contributed by atoms with E-state index in [1.54, 1.807) is 12.1 Å². The molecule has 4 heteroatoms. The predicted molar refractivity (Wildman–Crippen MR) is 88.1 cm³/mol. The third kappa shape index (κ3) is 5.33. The monoisotopic (exact) mass is 307 g/mol. The maximum Gasteiger partial charge on any atom is 0.408 e. The SMILES string of the molecule is Cc1ccc(C#CCNC(=O)OCc2ccccc2)c(C=O)c1. The Balaban J connectivity index is 1.81. The highest BCUT2D eigenvalue weighted by Crippen LogP contribution is 2.08. The Morgan fingerprint density at radius 2 is 2.00 bits per heavy atom. The molecule has 2 rings (SSSR count). The highest BCUT2D eigenvalue weighted by molar-refractivity contribution is 5.79. The molecule has 23 heavy (non-hydrogen) atoms. The van der Waals surface area contributed by atoms with Crippen LogP contribution in [0.2, 0.25) is 0 Å². The first-order valence-corrected chi connectivity index (χ1v) is 7.18. The van der Waals surface area contributed by atoms with Crippen LogP contribution >= 0.6 is 0 Å². The molecule has 0 bridgehead atoms. The smallest absolute Gasteiger partial charge is 0.408 e. The zero-order valence-corrected chi connectivity index (χ0v) is 12.8. The molecule has 0 saturated carbocycles. The summed E-state index contributed by atoms with van der Waals surface area (Å²) in [7, 11) is 0. The van der Waals surface area contributed by atoms with Crippen LogP contribution in [0.25, 0.3) is 0 Å². The third-order valence-electron chi connectivity index (χ3n) is 3.09. The summed E-state index contributed by atoms with van der Waals surface area (Å²) in [6.07, 6.45) is 0.251. The Labute approximate surface area is 135 Å². The standard InChI is InChI=1S/C19H17NO3/c1-15-9-10-17(18(12-15)13-21)8-5-11-20-19(22)23-14-16-6-3-2-4-7-16/h2-4,6-7,9-10,12-13H,11,14H2,1H3,(H,20,22). The van der Waals surface area contributed by atoms with Crippen LogP contribution in [0.5, 0.6) is 0 Å². The number of benzene rings is 2. The molecular formula is C19H17NO3. The molecule has 0 heterocycles. The van der Waals surface area contributed by atoms with Gasteiger partial charge in [-0.15, -0.1) is 0 Å². The minimum atomic E-state index is -0.525. The molecule has 2 aromatic carbocycles. The van der Waals surface area contributed by atoms with Gasteiger partial charge < -0.3 is 10.1 Å². The van der Waals surface area contributed by atoms with Crippen molar-refractivity contribution in [2.75, 3.05) is 6.54 Å². The average Bonchev–Trinajstić information content (AvgIpc) is 2.58. The first kappa shape index (κ1) is 16.3. The zero-order valence-electron chi connectivity index (χ0n) is 12.8. The highest BCUT2D eigenvalue weighted by atomic mass is 16.5. The van der Waals surface area contributed by atoms with Crippen LogP contribution in [-0.4, -0.2) is 18.9 Å². The van der Waals surface area contributed by atoms with E-state index >= 15 is 0 Å². The maximum atomic E-state index is 11.5. The zero-order chi connectivity index (χ0) is 16.5. The van der Waals surface area contributed by atoms with Crippen LogP contribution in [0.3, 0.4) is 0 Å². The van der Waals surface area contributed by atoms with Crippen LogP contribution in [0, 0.1) is 18.8 Å². The van der Waals surface area contributed by atoms with Crippen LogP contribution in [0.4, 0.5) is 4.79 Å². The van der Waals surface area contributed by atoms with Gasteiger partial charge in [-0.2, -0.15) is 0 Å². The molecular weight excluding hydrogens is 290 g/mol. The molecule has 0 aliphatic heterocycles. The molecule has 0 aromatic heterocycles. The van der Waals surface area contributed by atoms with Gasteiger partial charge in [-0.25, -0.2) is 4.79 Å². The van der Waals surface area contributed by atoms with E-state index in [-0.39, 0.29) is 13.2 Å². The largest absolute Gasteiger partial charge is 0.445 e. The Bertz CT molecular complexity index is 742. The summed E-state index contributed by atoms with van der Waals surface area (Å²) in [5, 5.41) is 2.55. The second-order valence-corrected chi connectivity index (χ2v) is 4.93. The summed E-state index contributed by atoms with van der Waals surface area (Å²) in [5.41, 5.74) is 3.11. The van der Waals surface area contributed by atoms with Crippen LogP contribution in [-0.2, 0) is 11.3 Å². The Hall–Kier alpha value is -3.06. The van der Waals surface area contributed by atoms with E-state index in [0.717, 1.165) is 17.4 Å².